The van der Waals surface area contributed by atoms with Gasteiger partial charge in [0.25, 0.3) is 0 Å². The number of carbonyl (C=O) groups is 2. The summed E-state index contributed by atoms with van der Waals surface area (Å²) in [7, 11) is 1.45. The smallest absolute Gasteiger partial charge is 0.227 e. The minimum atomic E-state index is -1.01. The second kappa shape index (κ2) is 12.1. The van der Waals surface area contributed by atoms with Crippen molar-refractivity contribution in [3.63, 3.8) is 0 Å². The monoisotopic (exact) mass is 461 g/mol. The molecule has 0 aliphatic carbocycles. The van der Waals surface area contributed by atoms with E-state index in [4.69, 9.17) is 16.3 Å². The van der Waals surface area contributed by atoms with Gasteiger partial charge in [-0.3, -0.25) is 9.59 Å². The van der Waals surface area contributed by atoms with Gasteiger partial charge in [0.2, 0.25) is 5.91 Å². The van der Waals surface area contributed by atoms with E-state index in [-0.39, 0.29) is 24.5 Å². The molecule has 174 valence electrons. The molecule has 1 aromatic carbocycles. The first kappa shape index (κ1) is 26.0. The summed E-state index contributed by atoms with van der Waals surface area (Å²) in [4.78, 5) is 25.0. The molecule has 0 unspecified atom stereocenters. The number of hydrogen-bond donors (Lipinski definition) is 3. The number of ether oxygens (including phenoxy) is 1. The highest BCUT2D eigenvalue weighted by Gasteiger charge is 2.23. The summed E-state index contributed by atoms with van der Waals surface area (Å²) in [5.41, 5.74) is 3.04. The third-order valence-corrected chi connectivity index (χ3v) is 5.63. The molecule has 6 nitrogen and oxygen atoms in total. The quantitative estimate of drug-likeness (QED) is 0.549. The van der Waals surface area contributed by atoms with Crippen LogP contribution in [0.1, 0.15) is 39.2 Å². The number of nitrogens with one attached hydrogen (secondary N) is 1. The van der Waals surface area contributed by atoms with Crippen LogP contribution in [-0.2, 0) is 20.7 Å². The first-order valence-corrected chi connectivity index (χ1v) is 11.0. The molecule has 32 heavy (non-hydrogen) atoms. The van der Waals surface area contributed by atoms with E-state index in [1.165, 1.54) is 7.11 Å². The second-order valence-corrected chi connectivity index (χ2v) is 8.79. The molecule has 0 fully saturated rings. The zero-order chi connectivity index (χ0) is 23.8. The van der Waals surface area contributed by atoms with Gasteiger partial charge in [-0.2, -0.15) is 0 Å². The largest absolute Gasteiger partial charge is 0.392 e. The summed E-state index contributed by atoms with van der Waals surface area (Å²) in [5.74, 6) is -0.978. The summed E-state index contributed by atoms with van der Waals surface area (Å²) in [6, 6.07) is 5.33. The second-order valence-electron chi connectivity index (χ2n) is 8.35. The number of benzene rings is 1. The molecule has 0 aromatic heterocycles. The van der Waals surface area contributed by atoms with Crippen molar-refractivity contribution in [2.24, 2.45) is 5.92 Å². The van der Waals surface area contributed by atoms with E-state index in [0.717, 1.165) is 11.1 Å². The van der Waals surface area contributed by atoms with Crippen molar-refractivity contribution in [1.29, 1.82) is 0 Å². The molecule has 0 spiro atoms. The molecule has 0 saturated heterocycles. The summed E-state index contributed by atoms with van der Waals surface area (Å²) in [6.45, 7) is 5.40. The Hall–Kier alpha value is -2.25. The molecule has 2 rings (SSSR count). The van der Waals surface area contributed by atoms with Gasteiger partial charge in [0.1, 0.15) is 6.10 Å². The van der Waals surface area contributed by atoms with Gasteiger partial charge < -0.3 is 20.3 Å². The standard InChI is InChI=1S/C25H32ClNO5/c1-15-6-5-7-24(32-4)23(30)13-21(28)16(2)9-17(3)22(29)14-25(31)27-20-11-18(8-15)10-19(26)12-20/h5-7,9-12,16,21-22,24,28-29H,8,13-14H2,1-4H3,(H,27,31)/t16-,21-,22-,24+/m0/s1. The average molecular weight is 462 g/mol. The van der Waals surface area contributed by atoms with Crippen molar-refractivity contribution >= 4 is 29.0 Å². The zero-order valence-electron chi connectivity index (χ0n) is 19.0. The Morgan fingerprint density at radius 2 is 1.84 bits per heavy atom. The molecule has 4 atom stereocenters. The molecule has 0 saturated carbocycles. The van der Waals surface area contributed by atoms with Crippen LogP contribution in [0.25, 0.3) is 0 Å². The van der Waals surface area contributed by atoms with Crippen LogP contribution in [0.4, 0.5) is 5.69 Å². The van der Waals surface area contributed by atoms with Crippen molar-refractivity contribution < 1.29 is 24.5 Å². The van der Waals surface area contributed by atoms with Crippen molar-refractivity contribution in [2.75, 3.05) is 12.4 Å². The lowest BCUT2D eigenvalue weighted by Gasteiger charge is -2.19. The number of amides is 1. The van der Waals surface area contributed by atoms with E-state index in [1.54, 1.807) is 38.1 Å². The number of Topliss-reactive ketones (excluding diaryl/α,β-unsaturated/α-hetero) is 1. The number of carbonyl (C=O) groups excluding carboxylic acids is 2. The SMILES string of the molecule is CO[C@@H]1C=CC=C(C)Cc2cc(Cl)cc(c2)NC(=O)C[C@H](O)C(C)=C[C@H](C)[C@@H](O)CC1=O. The Bertz CT molecular complexity index is 921. The number of anilines is 1. The molecule has 1 aliphatic rings. The maximum Gasteiger partial charge on any atom is 0.227 e. The van der Waals surface area contributed by atoms with Crippen LogP contribution in [0.15, 0.2) is 53.6 Å². The van der Waals surface area contributed by atoms with Gasteiger partial charge in [0, 0.05) is 30.2 Å². The normalized spacial score (nSPS) is 26.3. The number of rotatable bonds is 1. The van der Waals surface area contributed by atoms with Crippen LogP contribution < -0.4 is 5.32 Å². The van der Waals surface area contributed by atoms with Crippen LogP contribution in [0, 0.1) is 5.92 Å². The molecule has 1 heterocycles. The first-order valence-electron chi connectivity index (χ1n) is 10.6. The number of hydrogen-bond acceptors (Lipinski definition) is 5. The van der Waals surface area contributed by atoms with Gasteiger partial charge in [-0.15, -0.1) is 0 Å². The lowest BCUT2D eigenvalue weighted by molar-refractivity contribution is -0.128. The summed E-state index contributed by atoms with van der Waals surface area (Å²) in [6.07, 6.45) is 4.65. The highest BCUT2D eigenvalue weighted by molar-refractivity contribution is 6.31. The molecule has 3 N–H and O–H groups in total. The van der Waals surface area contributed by atoms with E-state index in [1.807, 2.05) is 25.1 Å². The topological polar surface area (TPSA) is 95.9 Å². The number of methoxy groups -OCH3 is 1. The maximum absolute atomic E-state index is 12.6. The van der Waals surface area contributed by atoms with E-state index in [0.29, 0.717) is 22.7 Å². The Labute approximate surface area is 194 Å². The predicted molar refractivity (Wildman–Crippen MR) is 127 cm³/mol. The number of ketones is 1. The molecule has 7 heteroatoms. The fourth-order valence-corrected chi connectivity index (χ4v) is 3.79. The van der Waals surface area contributed by atoms with Crippen LogP contribution in [0.3, 0.4) is 0 Å². The van der Waals surface area contributed by atoms with Crippen LogP contribution in [0.2, 0.25) is 5.02 Å². The minimum absolute atomic E-state index is 0.0859. The molecule has 1 aliphatic heterocycles. The molecular weight excluding hydrogens is 430 g/mol. The summed E-state index contributed by atoms with van der Waals surface area (Å²) < 4.78 is 5.29. The molecule has 0 radical (unpaired) electrons. The molecule has 1 aromatic rings. The van der Waals surface area contributed by atoms with Gasteiger partial charge in [0.05, 0.1) is 18.6 Å². The zero-order valence-corrected chi connectivity index (χ0v) is 19.7. The fraction of sp³-hybridized carbons (Fsp3) is 0.440. The minimum Gasteiger partial charge on any atom is -0.392 e. The van der Waals surface area contributed by atoms with E-state index in [9.17, 15) is 19.8 Å². The summed E-state index contributed by atoms with van der Waals surface area (Å²) in [5, 5.41) is 24.2. The van der Waals surface area contributed by atoms with Crippen LogP contribution in [-0.4, -0.2) is 47.3 Å². The fourth-order valence-electron chi connectivity index (χ4n) is 3.54. The Morgan fingerprint density at radius 1 is 1.12 bits per heavy atom. The van der Waals surface area contributed by atoms with Crippen molar-refractivity contribution in [3.8, 4) is 0 Å². The van der Waals surface area contributed by atoms with Crippen molar-refractivity contribution in [3.05, 3.63) is 64.2 Å². The van der Waals surface area contributed by atoms with Gasteiger partial charge in [-0.25, -0.2) is 0 Å². The number of halogens is 1. The third-order valence-electron chi connectivity index (χ3n) is 5.41. The van der Waals surface area contributed by atoms with Gasteiger partial charge in [-0.1, -0.05) is 42.3 Å². The van der Waals surface area contributed by atoms with Crippen molar-refractivity contribution in [1.82, 2.24) is 0 Å². The number of fused-ring (bicyclic) bond motifs is 2. The molecule has 2 bridgehead atoms. The van der Waals surface area contributed by atoms with E-state index < -0.39 is 24.2 Å². The van der Waals surface area contributed by atoms with E-state index in [2.05, 4.69) is 5.32 Å². The van der Waals surface area contributed by atoms with Gasteiger partial charge in [0.15, 0.2) is 5.78 Å². The molecule has 1 amide bonds. The predicted octanol–water partition coefficient (Wildman–Crippen LogP) is 4.01. The molecular formula is C25H32ClNO5. The number of aliphatic hydroxyl groups is 2. The number of aliphatic hydroxyl groups excluding tert-OH is 2. The third kappa shape index (κ3) is 8.02. The highest BCUT2D eigenvalue weighted by Crippen LogP contribution is 2.22. The Balaban J connectivity index is 2.38. The van der Waals surface area contributed by atoms with Gasteiger partial charge in [-0.05, 0) is 55.7 Å². The lowest BCUT2D eigenvalue weighted by atomic mass is 9.94. The van der Waals surface area contributed by atoms with Crippen molar-refractivity contribution in [2.45, 2.75) is 58.3 Å². The summed E-state index contributed by atoms with van der Waals surface area (Å²) >= 11 is 6.23. The Kier molecular flexibility index (Phi) is 9.84. The average Bonchev–Trinajstić information content (AvgIpc) is 2.69. The van der Waals surface area contributed by atoms with Gasteiger partial charge >= 0.3 is 0 Å². The van der Waals surface area contributed by atoms with E-state index >= 15 is 0 Å². The Morgan fingerprint density at radius 3 is 2.53 bits per heavy atom. The first-order chi connectivity index (χ1) is 15.1. The lowest BCUT2D eigenvalue weighted by Crippen LogP contribution is -2.28. The number of allylic oxidation sites excluding steroid dienone is 3. The maximum atomic E-state index is 12.6. The van der Waals surface area contributed by atoms with Crippen LogP contribution >= 0.6 is 11.6 Å². The van der Waals surface area contributed by atoms with Crippen LogP contribution in [0.5, 0.6) is 0 Å². The highest BCUT2D eigenvalue weighted by atomic mass is 35.5.